The Balaban J connectivity index is 2.30. The van der Waals surface area contributed by atoms with Gasteiger partial charge >= 0.3 is 6.18 Å². The molecule has 0 aromatic heterocycles. The first-order chi connectivity index (χ1) is 6.00. The zero-order valence-electron chi connectivity index (χ0n) is 6.98. The molecule has 1 heterocycles. The number of hydrogen-bond donors (Lipinski definition) is 0. The van der Waals surface area contributed by atoms with Crippen molar-refractivity contribution in [2.24, 2.45) is 0 Å². The molecule has 0 aromatic carbocycles. The molecule has 0 N–H and O–H groups in total. The summed E-state index contributed by atoms with van der Waals surface area (Å²) in [5.41, 5.74) is 0. The minimum Gasteiger partial charge on any atom is -0.379 e. The summed E-state index contributed by atoms with van der Waals surface area (Å²) in [7, 11) is 0. The summed E-state index contributed by atoms with van der Waals surface area (Å²) >= 11 is 2.63. The van der Waals surface area contributed by atoms with Crippen molar-refractivity contribution in [2.45, 2.75) is 11.0 Å². The predicted octanol–water partition coefficient (Wildman–Crippen LogP) is 1.64. The van der Waals surface area contributed by atoms with Gasteiger partial charge in [-0.1, -0.05) is 15.9 Å². The highest BCUT2D eigenvalue weighted by Crippen LogP contribution is 2.27. The fraction of sp³-hybridized carbons (Fsp3) is 1.00. The Bertz CT molecular complexity index is 158. The third kappa shape index (κ3) is 3.83. The number of alkyl halides is 4. The summed E-state index contributed by atoms with van der Waals surface area (Å²) in [5.74, 6) is 0. The third-order valence-corrected chi connectivity index (χ3v) is 2.69. The van der Waals surface area contributed by atoms with Crippen LogP contribution in [-0.4, -0.2) is 48.8 Å². The van der Waals surface area contributed by atoms with Crippen molar-refractivity contribution in [3.8, 4) is 0 Å². The summed E-state index contributed by atoms with van der Waals surface area (Å²) < 4.78 is 41.3. The van der Waals surface area contributed by atoms with Gasteiger partial charge in [-0.15, -0.1) is 0 Å². The molecule has 0 amide bonds. The Kier molecular flexibility index (Phi) is 4.00. The van der Waals surface area contributed by atoms with Gasteiger partial charge in [0.05, 0.1) is 13.2 Å². The van der Waals surface area contributed by atoms with Gasteiger partial charge in [-0.25, -0.2) is 0 Å². The molecular formula is C7H11BrF3NO. The maximum atomic E-state index is 12.1. The Morgan fingerprint density at radius 2 is 1.85 bits per heavy atom. The lowest BCUT2D eigenvalue weighted by Crippen LogP contribution is -2.43. The molecule has 13 heavy (non-hydrogen) atoms. The van der Waals surface area contributed by atoms with E-state index in [0.29, 0.717) is 26.3 Å². The van der Waals surface area contributed by atoms with E-state index in [-0.39, 0.29) is 6.54 Å². The molecule has 0 unspecified atom stereocenters. The molecule has 1 saturated heterocycles. The molecule has 2 nitrogen and oxygen atoms in total. The van der Waals surface area contributed by atoms with Crippen molar-refractivity contribution in [1.82, 2.24) is 4.90 Å². The topological polar surface area (TPSA) is 12.5 Å². The van der Waals surface area contributed by atoms with E-state index in [1.54, 1.807) is 4.90 Å². The van der Waals surface area contributed by atoms with Gasteiger partial charge in [0.15, 0.2) is 0 Å². The summed E-state index contributed by atoms with van der Waals surface area (Å²) in [6.45, 7) is 2.22. The largest absolute Gasteiger partial charge is 0.402 e. The highest BCUT2D eigenvalue weighted by molar-refractivity contribution is 9.09. The van der Waals surface area contributed by atoms with Gasteiger partial charge in [0.2, 0.25) is 0 Å². The molecule has 0 bridgehead atoms. The second-order valence-corrected chi connectivity index (χ2v) is 4.03. The van der Waals surface area contributed by atoms with Crippen molar-refractivity contribution in [1.29, 1.82) is 0 Å². The molecule has 1 aliphatic rings. The molecule has 0 aliphatic carbocycles. The van der Waals surface area contributed by atoms with Crippen LogP contribution < -0.4 is 0 Å². The van der Waals surface area contributed by atoms with E-state index in [1.165, 1.54) is 0 Å². The van der Waals surface area contributed by atoms with Gasteiger partial charge in [0, 0.05) is 19.6 Å². The average Bonchev–Trinajstić information content (AvgIpc) is 2.04. The number of rotatable bonds is 2. The second-order valence-electron chi connectivity index (χ2n) is 2.92. The van der Waals surface area contributed by atoms with Crippen LogP contribution in [0.15, 0.2) is 0 Å². The van der Waals surface area contributed by atoms with Crippen LogP contribution in [0.5, 0.6) is 0 Å². The predicted molar refractivity (Wildman–Crippen MR) is 46.0 cm³/mol. The SMILES string of the molecule is FC(F)(F)[C@@H](Br)CN1CCOCC1. The molecule has 0 aromatic rings. The van der Waals surface area contributed by atoms with E-state index in [0.717, 1.165) is 0 Å². The van der Waals surface area contributed by atoms with Gasteiger partial charge < -0.3 is 4.74 Å². The molecule has 1 rings (SSSR count). The molecule has 0 radical (unpaired) electrons. The van der Waals surface area contributed by atoms with Crippen molar-refractivity contribution in [3.63, 3.8) is 0 Å². The summed E-state index contributed by atoms with van der Waals surface area (Å²) in [4.78, 5) is 0.314. The fourth-order valence-corrected chi connectivity index (χ4v) is 1.52. The molecule has 6 heteroatoms. The normalized spacial score (nSPS) is 23.1. The van der Waals surface area contributed by atoms with Crippen LogP contribution in [0.4, 0.5) is 13.2 Å². The number of ether oxygens (including phenoxy) is 1. The van der Waals surface area contributed by atoms with E-state index in [9.17, 15) is 13.2 Å². The van der Waals surface area contributed by atoms with Gasteiger partial charge in [-0.2, -0.15) is 13.2 Å². The van der Waals surface area contributed by atoms with Crippen molar-refractivity contribution in [2.75, 3.05) is 32.8 Å². The first-order valence-corrected chi connectivity index (χ1v) is 4.92. The van der Waals surface area contributed by atoms with Gasteiger partial charge in [-0.05, 0) is 0 Å². The number of morpholine rings is 1. The third-order valence-electron chi connectivity index (χ3n) is 1.88. The Morgan fingerprint density at radius 1 is 1.31 bits per heavy atom. The molecule has 78 valence electrons. The van der Waals surface area contributed by atoms with Gasteiger partial charge in [0.1, 0.15) is 4.83 Å². The highest BCUT2D eigenvalue weighted by atomic mass is 79.9. The summed E-state index contributed by atoms with van der Waals surface area (Å²) in [6, 6.07) is 0. The standard InChI is InChI=1S/C7H11BrF3NO/c8-6(7(9,10)11)5-12-1-3-13-4-2-12/h6H,1-5H2/t6-/m0/s1. The summed E-state index contributed by atoms with van der Waals surface area (Å²) in [6.07, 6.45) is -4.15. The lowest BCUT2D eigenvalue weighted by atomic mass is 10.3. The van der Waals surface area contributed by atoms with E-state index in [2.05, 4.69) is 15.9 Å². The molecule has 1 atom stereocenters. The van der Waals surface area contributed by atoms with Crippen molar-refractivity contribution >= 4 is 15.9 Å². The first-order valence-electron chi connectivity index (χ1n) is 4.01. The van der Waals surface area contributed by atoms with E-state index in [4.69, 9.17) is 4.74 Å². The highest BCUT2D eigenvalue weighted by Gasteiger charge is 2.38. The Hall–Kier alpha value is 0.190. The smallest absolute Gasteiger partial charge is 0.379 e. The minimum absolute atomic E-state index is 0.00681. The maximum Gasteiger partial charge on any atom is 0.402 e. The second kappa shape index (κ2) is 4.61. The van der Waals surface area contributed by atoms with E-state index < -0.39 is 11.0 Å². The lowest BCUT2D eigenvalue weighted by Gasteiger charge is -2.29. The van der Waals surface area contributed by atoms with Crippen LogP contribution in [0.3, 0.4) is 0 Å². The molecule has 1 fully saturated rings. The van der Waals surface area contributed by atoms with Crippen LogP contribution in [0.2, 0.25) is 0 Å². The average molecular weight is 262 g/mol. The van der Waals surface area contributed by atoms with Crippen LogP contribution >= 0.6 is 15.9 Å². The van der Waals surface area contributed by atoms with Crippen LogP contribution in [0, 0.1) is 0 Å². The number of halogens is 4. The minimum atomic E-state index is -4.15. The number of hydrogen-bond acceptors (Lipinski definition) is 2. The van der Waals surface area contributed by atoms with Crippen molar-refractivity contribution < 1.29 is 17.9 Å². The molecule has 1 aliphatic heterocycles. The van der Waals surface area contributed by atoms with E-state index in [1.807, 2.05) is 0 Å². The quantitative estimate of drug-likeness (QED) is 0.701. The lowest BCUT2D eigenvalue weighted by molar-refractivity contribution is -0.132. The Labute approximate surface area is 83.2 Å². The Morgan fingerprint density at radius 3 is 2.31 bits per heavy atom. The molecule has 0 saturated carbocycles. The van der Waals surface area contributed by atoms with Gasteiger partial charge in [0.25, 0.3) is 0 Å². The van der Waals surface area contributed by atoms with Crippen LogP contribution in [0.1, 0.15) is 0 Å². The van der Waals surface area contributed by atoms with Crippen molar-refractivity contribution in [3.05, 3.63) is 0 Å². The summed E-state index contributed by atoms with van der Waals surface area (Å²) in [5, 5.41) is 0. The van der Waals surface area contributed by atoms with Crippen LogP contribution in [0.25, 0.3) is 0 Å². The monoisotopic (exact) mass is 261 g/mol. The molecule has 0 spiro atoms. The number of nitrogens with zero attached hydrogens (tertiary/aromatic N) is 1. The van der Waals surface area contributed by atoms with E-state index >= 15 is 0 Å². The van der Waals surface area contributed by atoms with Crippen LogP contribution in [-0.2, 0) is 4.74 Å². The zero-order chi connectivity index (χ0) is 9.90. The maximum absolute atomic E-state index is 12.1. The zero-order valence-corrected chi connectivity index (χ0v) is 8.57. The van der Waals surface area contributed by atoms with Gasteiger partial charge in [-0.3, -0.25) is 4.90 Å². The fourth-order valence-electron chi connectivity index (χ4n) is 1.11. The first kappa shape index (κ1) is 11.3. The molecular weight excluding hydrogens is 251 g/mol.